The van der Waals surface area contributed by atoms with Crippen LogP contribution < -0.4 is 10.6 Å². The highest BCUT2D eigenvalue weighted by atomic mass is 16.5. The number of nitrogens with zero attached hydrogens (tertiary/aromatic N) is 3. The zero-order valence-electron chi connectivity index (χ0n) is 18.8. The Kier molecular flexibility index (Phi) is 9.28. The summed E-state index contributed by atoms with van der Waals surface area (Å²) in [5.41, 5.74) is 3.41. The molecule has 170 valence electrons. The van der Waals surface area contributed by atoms with E-state index in [1.807, 2.05) is 73.3 Å². The molecule has 7 nitrogen and oxygen atoms in total. The Morgan fingerprint density at radius 1 is 1.06 bits per heavy atom. The van der Waals surface area contributed by atoms with E-state index in [-0.39, 0.29) is 12.7 Å². The molecule has 0 radical (unpaired) electrons. The third kappa shape index (κ3) is 7.51. The molecule has 0 aliphatic carbocycles. The first-order valence-electron chi connectivity index (χ1n) is 11.1. The summed E-state index contributed by atoms with van der Waals surface area (Å²) in [6.45, 7) is 6.57. The molecule has 0 aliphatic heterocycles. The van der Waals surface area contributed by atoms with Crippen molar-refractivity contribution in [1.29, 1.82) is 0 Å². The molecule has 0 aliphatic rings. The fourth-order valence-corrected chi connectivity index (χ4v) is 3.29. The summed E-state index contributed by atoms with van der Waals surface area (Å²) in [5, 5.41) is 21.1. The molecule has 1 heterocycles. The summed E-state index contributed by atoms with van der Waals surface area (Å²) < 4.78 is 7.72. The first-order chi connectivity index (χ1) is 15.7. The number of aliphatic hydroxyl groups is 1. The van der Waals surface area contributed by atoms with Crippen molar-refractivity contribution < 1.29 is 9.84 Å². The maximum absolute atomic E-state index is 10.4. The Balaban J connectivity index is 1.51. The predicted octanol–water partition coefficient (Wildman–Crippen LogP) is 3.13. The minimum absolute atomic E-state index is 0.0703. The van der Waals surface area contributed by atoms with E-state index < -0.39 is 6.10 Å². The van der Waals surface area contributed by atoms with Gasteiger partial charge in [0.05, 0.1) is 31.9 Å². The lowest BCUT2D eigenvalue weighted by Gasteiger charge is -2.18. The summed E-state index contributed by atoms with van der Waals surface area (Å²) >= 11 is 0. The summed E-state index contributed by atoms with van der Waals surface area (Å²) in [6, 6.07) is 20.1. The second-order valence-electron chi connectivity index (χ2n) is 7.59. The third-order valence-electron chi connectivity index (χ3n) is 5.07. The number of benzene rings is 2. The summed E-state index contributed by atoms with van der Waals surface area (Å²) in [6.07, 6.45) is 3.02. The fourth-order valence-electron chi connectivity index (χ4n) is 3.29. The van der Waals surface area contributed by atoms with Gasteiger partial charge in [0, 0.05) is 25.5 Å². The molecule has 7 heteroatoms. The SMILES string of the molecule is CCNC(=NCc1ccccc1Cn1cccn1)NCC(O)COC(C)c1ccccc1. The van der Waals surface area contributed by atoms with Crippen molar-refractivity contribution in [3.8, 4) is 0 Å². The number of ether oxygens (including phenoxy) is 1. The van der Waals surface area contributed by atoms with Crippen molar-refractivity contribution in [2.75, 3.05) is 19.7 Å². The number of aliphatic hydroxyl groups excluding tert-OH is 1. The molecule has 3 N–H and O–H groups in total. The molecule has 0 spiro atoms. The second-order valence-corrected chi connectivity index (χ2v) is 7.59. The molecule has 2 aromatic carbocycles. The molecule has 3 aromatic rings. The van der Waals surface area contributed by atoms with Crippen LogP contribution >= 0.6 is 0 Å². The third-order valence-corrected chi connectivity index (χ3v) is 5.07. The zero-order chi connectivity index (χ0) is 22.6. The largest absolute Gasteiger partial charge is 0.389 e. The fraction of sp³-hybridized carbons (Fsp3) is 0.360. The van der Waals surface area contributed by atoms with Crippen LogP contribution in [0, 0.1) is 0 Å². The van der Waals surface area contributed by atoms with Crippen LogP contribution in [0.3, 0.4) is 0 Å². The van der Waals surface area contributed by atoms with Crippen LogP contribution in [0.15, 0.2) is 78.0 Å². The molecule has 0 saturated heterocycles. The van der Waals surface area contributed by atoms with E-state index >= 15 is 0 Å². The monoisotopic (exact) mass is 435 g/mol. The van der Waals surface area contributed by atoms with Gasteiger partial charge in [0.25, 0.3) is 0 Å². The molecule has 2 atom stereocenters. The maximum Gasteiger partial charge on any atom is 0.191 e. The van der Waals surface area contributed by atoms with Crippen LogP contribution in [-0.2, 0) is 17.8 Å². The van der Waals surface area contributed by atoms with Gasteiger partial charge in [0.15, 0.2) is 5.96 Å². The van der Waals surface area contributed by atoms with Crippen molar-refractivity contribution in [3.63, 3.8) is 0 Å². The number of aromatic nitrogens is 2. The van der Waals surface area contributed by atoms with Crippen molar-refractivity contribution in [2.24, 2.45) is 4.99 Å². The van der Waals surface area contributed by atoms with E-state index in [0.29, 0.717) is 25.6 Å². The first-order valence-corrected chi connectivity index (χ1v) is 11.1. The predicted molar refractivity (Wildman–Crippen MR) is 127 cm³/mol. The van der Waals surface area contributed by atoms with Gasteiger partial charge >= 0.3 is 0 Å². The highest BCUT2D eigenvalue weighted by Crippen LogP contribution is 2.16. The summed E-state index contributed by atoms with van der Waals surface area (Å²) in [4.78, 5) is 4.70. The summed E-state index contributed by atoms with van der Waals surface area (Å²) in [5.74, 6) is 0.663. The van der Waals surface area contributed by atoms with E-state index in [1.54, 1.807) is 6.20 Å². The van der Waals surface area contributed by atoms with Gasteiger partial charge < -0.3 is 20.5 Å². The number of nitrogens with one attached hydrogen (secondary N) is 2. The highest BCUT2D eigenvalue weighted by Gasteiger charge is 2.11. The molecule has 0 fully saturated rings. The Morgan fingerprint density at radius 2 is 1.81 bits per heavy atom. The van der Waals surface area contributed by atoms with Gasteiger partial charge in [-0.15, -0.1) is 0 Å². The van der Waals surface area contributed by atoms with Crippen LogP contribution in [0.25, 0.3) is 0 Å². The molecule has 1 aromatic heterocycles. The van der Waals surface area contributed by atoms with Crippen LogP contribution in [0.4, 0.5) is 0 Å². The van der Waals surface area contributed by atoms with E-state index in [0.717, 1.165) is 17.7 Å². The second kappa shape index (κ2) is 12.6. The minimum Gasteiger partial charge on any atom is -0.389 e. The van der Waals surface area contributed by atoms with Crippen LogP contribution in [0.1, 0.15) is 36.6 Å². The molecule has 3 rings (SSSR count). The van der Waals surface area contributed by atoms with Crippen molar-refractivity contribution in [2.45, 2.75) is 39.1 Å². The van der Waals surface area contributed by atoms with Crippen molar-refractivity contribution in [1.82, 2.24) is 20.4 Å². The van der Waals surface area contributed by atoms with Crippen LogP contribution in [-0.4, -0.2) is 46.6 Å². The number of hydrogen-bond acceptors (Lipinski definition) is 4. The van der Waals surface area contributed by atoms with Gasteiger partial charge in [-0.05, 0) is 36.6 Å². The topological polar surface area (TPSA) is 83.7 Å². The lowest BCUT2D eigenvalue weighted by atomic mass is 10.1. The van der Waals surface area contributed by atoms with E-state index in [2.05, 4.69) is 27.9 Å². The average molecular weight is 436 g/mol. The quantitative estimate of drug-likeness (QED) is 0.318. The molecule has 0 bridgehead atoms. The van der Waals surface area contributed by atoms with Crippen molar-refractivity contribution >= 4 is 5.96 Å². The Hall–Kier alpha value is -3.16. The number of guanidine groups is 1. The van der Waals surface area contributed by atoms with Gasteiger partial charge in [-0.3, -0.25) is 4.68 Å². The first kappa shape index (κ1) is 23.5. The smallest absolute Gasteiger partial charge is 0.191 e. The van der Waals surface area contributed by atoms with Gasteiger partial charge in [-0.2, -0.15) is 5.10 Å². The molecular formula is C25H33N5O2. The lowest BCUT2D eigenvalue weighted by molar-refractivity contribution is -0.000599. The molecular weight excluding hydrogens is 402 g/mol. The van der Waals surface area contributed by atoms with Gasteiger partial charge in [-0.25, -0.2) is 4.99 Å². The number of aliphatic imine (C=N–C) groups is 1. The Bertz CT molecular complexity index is 944. The zero-order valence-corrected chi connectivity index (χ0v) is 18.8. The van der Waals surface area contributed by atoms with Crippen molar-refractivity contribution in [3.05, 3.63) is 89.7 Å². The van der Waals surface area contributed by atoms with Gasteiger partial charge in [-0.1, -0.05) is 54.6 Å². The highest BCUT2D eigenvalue weighted by molar-refractivity contribution is 5.79. The van der Waals surface area contributed by atoms with E-state index in [4.69, 9.17) is 9.73 Å². The van der Waals surface area contributed by atoms with Gasteiger partial charge in [0.1, 0.15) is 0 Å². The summed E-state index contributed by atoms with van der Waals surface area (Å²) in [7, 11) is 0. The maximum atomic E-state index is 10.4. The minimum atomic E-state index is -0.642. The number of hydrogen-bond donors (Lipinski definition) is 3. The molecule has 0 amide bonds. The molecule has 0 saturated carbocycles. The molecule has 2 unspecified atom stereocenters. The average Bonchev–Trinajstić information content (AvgIpc) is 3.34. The molecule has 32 heavy (non-hydrogen) atoms. The van der Waals surface area contributed by atoms with Crippen LogP contribution in [0.5, 0.6) is 0 Å². The van der Waals surface area contributed by atoms with Crippen LogP contribution in [0.2, 0.25) is 0 Å². The number of rotatable bonds is 11. The van der Waals surface area contributed by atoms with E-state index in [9.17, 15) is 5.11 Å². The Morgan fingerprint density at radius 3 is 2.53 bits per heavy atom. The standard InChI is InChI=1S/C25H33N5O2/c1-3-26-25(28-17-24(31)19-32-20(2)21-10-5-4-6-11-21)27-16-22-12-7-8-13-23(22)18-30-15-9-14-29-30/h4-15,20,24,31H,3,16-19H2,1-2H3,(H2,26,27,28). The van der Waals surface area contributed by atoms with E-state index in [1.165, 1.54) is 5.56 Å². The lowest BCUT2D eigenvalue weighted by Crippen LogP contribution is -2.42. The van der Waals surface area contributed by atoms with Gasteiger partial charge in [0.2, 0.25) is 0 Å². The normalized spacial score (nSPS) is 13.5. The Labute approximate surface area is 190 Å².